The Hall–Kier alpha value is -2.11. The van der Waals surface area contributed by atoms with Gasteiger partial charge >= 0.3 is 5.97 Å². The topological polar surface area (TPSA) is 75.6 Å². The van der Waals surface area contributed by atoms with Crippen LogP contribution in [0.4, 0.5) is 4.39 Å². The summed E-state index contributed by atoms with van der Waals surface area (Å²) >= 11 is 0. The first-order valence-electron chi connectivity index (χ1n) is 5.97. The lowest BCUT2D eigenvalue weighted by Gasteiger charge is -2.08. The van der Waals surface area contributed by atoms with E-state index >= 15 is 0 Å². The number of carbonyl (C=O) groups is 2. The highest BCUT2D eigenvalue weighted by molar-refractivity contribution is 5.87. The van der Waals surface area contributed by atoms with E-state index in [1.54, 1.807) is 0 Å². The average Bonchev–Trinajstić information content (AvgIpc) is 2.37. The molecule has 1 amide bonds. The minimum absolute atomic E-state index is 0.143. The first-order chi connectivity index (χ1) is 9.04. The van der Waals surface area contributed by atoms with Crippen LogP contribution in [-0.4, -0.2) is 30.1 Å². The molecule has 5 nitrogen and oxygen atoms in total. The van der Waals surface area contributed by atoms with Gasteiger partial charge in [-0.2, -0.15) is 0 Å². The molecule has 0 fully saturated rings. The number of nitrogens with one attached hydrogen (secondary N) is 1. The van der Waals surface area contributed by atoms with Gasteiger partial charge in [0.2, 0.25) is 0 Å². The highest BCUT2D eigenvalue weighted by Gasteiger charge is 2.10. The molecule has 0 bridgehead atoms. The summed E-state index contributed by atoms with van der Waals surface area (Å²) in [6.45, 7) is 2.26. The van der Waals surface area contributed by atoms with Crippen molar-refractivity contribution >= 4 is 11.9 Å². The van der Waals surface area contributed by atoms with E-state index in [1.807, 2.05) is 6.92 Å². The van der Waals surface area contributed by atoms with Gasteiger partial charge in [-0.15, -0.1) is 0 Å². The maximum atomic E-state index is 13.4. The molecule has 0 saturated heterocycles. The molecule has 19 heavy (non-hydrogen) atoms. The average molecular weight is 269 g/mol. The zero-order chi connectivity index (χ0) is 14.3. The molecule has 1 aromatic carbocycles. The van der Waals surface area contributed by atoms with Gasteiger partial charge in [-0.1, -0.05) is 13.3 Å². The van der Waals surface area contributed by atoms with Gasteiger partial charge in [0.15, 0.2) is 18.2 Å². The molecule has 0 aliphatic rings. The fourth-order valence-electron chi connectivity index (χ4n) is 1.35. The number of hydrogen-bond acceptors (Lipinski definition) is 3. The molecule has 0 heterocycles. The largest absolute Gasteiger partial charge is 0.481 e. The van der Waals surface area contributed by atoms with E-state index in [9.17, 15) is 14.0 Å². The van der Waals surface area contributed by atoms with Crippen molar-refractivity contribution in [1.82, 2.24) is 5.32 Å². The Morgan fingerprint density at radius 1 is 1.42 bits per heavy atom. The van der Waals surface area contributed by atoms with E-state index in [0.29, 0.717) is 6.54 Å². The zero-order valence-corrected chi connectivity index (χ0v) is 10.6. The van der Waals surface area contributed by atoms with Crippen LogP contribution in [-0.2, 0) is 4.79 Å². The summed E-state index contributed by atoms with van der Waals surface area (Å²) in [5.41, 5.74) is -0.169. The standard InChI is InChI=1S/C13H16FNO4/c1-2-3-6-15-12(16)8-19-11-5-4-9(13(17)18)7-10(11)14/h4-5,7H,2-3,6,8H2,1H3,(H,15,16)(H,17,18). The van der Waals surface area contributed by atoms with Gasteiger partial charge in [0, 0.05) is 6.54 Å². The SMILES string of the molecule is CCCCNC(=O)COc1ccc(C(=O)O)cc1F. The molecule has 0 atom stereocenters. The monoisotopic (exact) mass is 269 g/mol. The highest BCUT2D eigenvalue weighted by atomic mass is 19.1. The molecule has 0 aliphatic heterocycles. The third-order valence-electron chi connectivity index (χ3n) is 2.39. The van der Waals surface area contributed by atoms with Crippen molar-refractivity contribution < 1.29 is 23.8 Å². The number of aromatic carboxylic acids is 1. The number of amides is 1. The highest BCUT2D eigenvalue weighted by Crippen LogP contribution is 2.18. The van der Waals surface area contributed by atoms with Crippen LogP contribution >= 0.6 is 0 Å². The summed E-state index contributed by atoms with van der Waals surface area (Å²) in [6.07, 6.45) is 1.83. The van der Waals surface area contributed by atoms with Gasteiger partial charge in [0.05, 0.1) is 5.56 Å². The fraction of sp³-hybridized carbons (Fsp3) is 0.385. The van der Waals surface area contributed by atoms with Crippen LogP contribution in [0.25, 0.3) is 0 Å². The van der Waals surface area contributed by atoms with Gasteiger partial charge in [-0.3, -0.25) is 4.79 Å². The second-order valence-electron chi connectivity index (χ2n) is 3.94. The minimum Gasteiger partial charge on any atom is -0.481 e. The first-order valence-corrected chi connectivity index (χ1v) is 5.97. The first kappa shape index (κ1) is 14.9. The van der Waals surface area contributed by atoms with Crippen LogP contribution in [0.3, 0.4) is 0 Å². The lowest BCUT2D eigenvalue weighted by atomic mass is 10.2. The lowest BCUT2D eigenvalue weighted by molar-refractivity contribution is -0.123. The van der Waals surface area contributed by atoms with Crippen molar-refractivity contribution in [1.29, 1.82) is 0 Å². The number of benzene rings is 1. The van der Waals surface area contributed by atoms with Crippen molar-refractivity contribution in [2.24, 2.45) is 0 Å². The van der Waals surface area contributed by atoms with Gasteiger partial charge in [0.1, 0.15) is 0 Å². The van der Waals surface area contributed by atoms with Crippen LogP contribution in [0.15, 0.2) is 18.2 Å². The lowest BCUT2D eigenvalue weighted by Crippen LogP contribution is -2.29. The van der Waals surface area contributed by atoms with Crippen molar-refractivity contribution in [2.45, 2.75) is 19.8 Å². The van der Waals surface area contributed by atoms with Crippen molar-refractivity contribution in [3.05, 3.63) is 29.6 Å². The predicted octanol–water partition coefficient (Wildman–Crippen LogP) is 1.82. The Morgan fingerprint density at radius 2 is 2.16 bits per heavy atom. The number of halogens is 1. The van der Waals surface area contributed by atoms with Gasteiger partial charge in [0.25, 0.3) is 5.91 Å². The second kappa shape index (κ2) is 7.35. The molecular formula is C13H16FNO4. The van der Waals surface area contributed by atoms with E-state index in [0.717, 1.165) is 18.9 Å². The van der Waals surface area contributed by atoms with Gasteiger partial charge in [-0.05, 0) is 24.6 Å². The molecule has 1 rings (SSSR count). The van der Waals surface area contributed by atoms with E-state index in [4.69, 9.17) is 9.84 Å². The predicted molar refractivity (Wildman–Crippen MR) is 66.8 cm³/mol. The van der Waals surface area contributed by atoms with Crippen LogP contribution < -0.4 is 10.1 Å². The van der Waals surface area contributed by atoms with Crippen LogP contribution in [0.5, 0.6) is 5.75 Å². The molecule has 0 radical (unpaired) electrons. The number of rotatable bonds is 7. The second-order valence-corrected chi connectivity index (χ2v) is 3.94. The maximum Gasteiger partial charge on any atom is 0.335 e. The summed E-state index contributed by atoms with van der Waals surface area (Å²) in [5.74, 6) is -2.50. The zero-order valence-electron chi connectivity index (χ0n) is 10.6. The number of unbranched alkanes of at least 4 members (excludes halogenated alkanes) is 1. The Labute approximate surface area is 110 Å². The number of carbonyl (C=O) groups excluding carboxylic acids is 1. The summed E-state index contributed by atoms with van der Waals surface area (Å²) in [5, 5.41) is 11.3. The molecule has 1 aromatic rings. The Bertz CT molecular complexity index is 462. The fourth-order valence-corrected chi connectivity index (χ4v) is 1.35. The van der Waals surface area contributed by atoms with Crippen LogP contribution in [0, 0.1) is 5.82 Å². The summed E-state index contributed by atoms with van der Waals surface area (Å²) < 4.78 is 18.4. The molecule has 2 N–H and O–H groups in total. The molecule has 0 spiro atoms. The van der Waals surface area contributed by atoms with Gasteiger partial charge < -0.3 is 15.2 Å². The smallest absolute Gasteiger partial charge is 0.335 e. The maximum absolute atomic E-state index is 13.4. The van der Waals surface area contributed by atoms with E-state index < -0.39 is 11.8 Å². The minimum atomic E-state index is -1.22. The number of carboxylic acids is 1. The van der Waals surface area contributed by atoms with Crippen LogP contribution in [0.2, 0.25) is 0 Å². The number of carboxylic acid groups (broad SMARTS) is 1. The number of hydrogen-bond donors (Lipinski definition) is 2. The summed E-state index contributed by atoms with van der Waals surface area (Å²) in [6, 6.07) is 3.26. The molecule has 0 aliphatic carbocycles. The van der Waals surface area contributed by atoms with E-state index in [-0.39, 0.29) is 23.8 Å². The summed E-state index contributed by atoms with van der Waals surface area (Å²) in [7, 11) is 0. The van der Waals surface area contributed by atoms with Crippen LogP contribution in [0.1, 0.15) is 30.1 Å². The molecule has 0 saturated carbocycles. The normalized spacial score (nSPS) is 10.0. The van der Waals surface area contributed by atoms with Crippen molar-refractivity contribution in [2.75, 3.05) is 13.2 Å². The Morgan fingerprint density at radius 3 is 2.74 bits per heavy atom. The molecule has 104 valence electrons. The summed E-state index contributed by atoms with van der Waals surface area (Å²) in [4.78, 5) is 21.9. The third-order valence-corrected chi connectivity index (χ3v) is 2.39. The van der Waals surface area contributed by atoms with Crippen molar-refractivity contribution in [3.8, 4) is 5.75 Å². The van der Waals surface area contributed by atoms with E-state index in [2.05, 4.69) is 5.32 Å². The third kappa shape index (κ3) is 4.95. The van der Waals surface area contributed by atoms with Gasteiger partial charge in [-0.25, -0.2) is 9.18 Å². The molecular weight excluding hydrogens is 253 g/mol. The quantitative estimate of drug-likeness (QED) is 0.740. The molecule has 6 heteroatoms. The number of ether oxygens (including phenoxy) is 1. The Balaban J connectivity index is 2.49. The molecule has 0 unspecified atom stereocenters. The molecule has 0 aromatic heterocycles. The van der Waals surface area contributed by atoms with E-state index in [1.165, 1.54) is 12.1 Å². The Kier molecular flexibility index (Phi) is 5.78. The van der Waals surface area contributed by atoms with Crippen molar-refractivity contribution in [3.63, 3.8) is 0 Å².